The van der Waals surface area contributed by atoms with Gasteiger partial charge in [0.15, 0.2) is 5.43 Å². The average molecular weight is 794 g/mol. The largest absolute Gasteiger partial charge is 0.508 e. The number of ether oxygens (including phenoxy) is 2. The van der Waals surface area contributed by atoms with Crippen molar-refractivity contribution >= 4 is 30.7 Å². The highest BCUT2D eigenvalue weighted by Gasteiger charge is 2.39. The average Bonchev–Trinajstić information content (AvgIpc) is 3.58. The van der Waals surface area contributed by atoms with Crippen LogP contribution in [-0.2, 0) is 23.1 Å². The van der Waals surface area contributed by atoms with Crippen molar-refractivity contribution in [2.45, 2.75) is 57.5 Å². The maximum absolute atomic E-state index is 13.2. The molecule has 0 spiro atoms. The second-order valence-electron chi connectivity index (χ2n) is 13.3. The van der Waals surface area contributed by atoms with Gasteiger partial charge in [0.25, 0.3) is 11.5 Å². The summed E-state index contributed by atoms with van der Waals surface area (Å²) in [6.45, 7) is 1.43. The number of unbranched alkanes of at least 4 members (excludes halogenated alkanes) is 3. The van der Waals surface area contributed by atoms with Crippen LogP contribution in [0, 0.1) is 6.92 Å². The van der Waals surface area contributed by atoms with Gasteiger partial charge in [-0.2, -0.15) is 0 Å². The van der Waals surface area contributed by atoms with Gasteiger partial charge in [-0.05, 0) is 67.8 Å². The number of aromatic hydroxyl groups is 1. The number of phenolic OH excluding ortho intramolecular Hbond substituents is 1. The Hall–Kier alpha value is -5.42. The fourth-order valence-electron chi connectivity index (χ4n) is 6.57. The van der Waals surface area contributed by atoms with E-state index in [-0.39, 0.29) is 58.8 Å². The summed E-state index contributed by atoms with van der Waals surface area (Å²) in [5, 5.41) is 23.4. The second kappa shape index (κ2) is 17.2. The SMILES string of the molecule is COC1C[C@H](n2cc(C)c(=O)[nH]c2=O)O[C@@H]1COP(=O)(O)OCCCCCCNC(=O)c1ccc(C(=O)O)c(-c2c3ccc(=O)cc-3oc3cc(O)ccc23)c1. The molecule has 1 saturated heterocycles. The fraction of sp³-hybridized carbons (Fsp3) is 0.342. The number of carbonyl (C=O) groups excluding carboxylic acids is 1. The van der Waals surface area contributed by atoms with Gasteiger partial charge in [-0.1, -0.05) is 12.8 Å². The van der Waals surface area contributed by atoms with Crippen LogP contribution in [0.5, 0.6) is 5.75 Å². The number of aryl methyl sites for hydroxylation is 1. The van der Waals surface area contributed by atoms with Crippen molar-refractivity contribution < 1.29 is 52.2 Å². The lowest BCUT2D eigenvalue weighted by Crippen LogP contribution is -2.33. The number of nitrogens with one attached hydrogen (secondary N) is 2. The van der Waals surface area contributed by atoms with E-state index in [1.54, 1.807) is 13.0 Å². The highest BCUT2D eigenvalue weighted by Crippen LogP contribution is 2.45. The molecule has 0 radical (unpaired) electrons. The summed E-state index contributed by atoms with van der Waals surface area (Å²) in [7, 11) is -3.01. The molecule has 18 heteroatoms. The predicted octanol–water partition coefficient (Wildman–Crippen LogP) is 4.55. The number of phenols is 1. The molecule has 6 rings (SSSR count). The molecule has 0 saturated carbocycles. The summed E-state index contributed by atoms with van der Waals surface area (Å²) in [5.41, 5.74) is 0.262. The number of hydrogen-bond donors (Lipinski definition) is 5. The van der Waals surface area contributed by atoms with E-state index in [9.17, 15) is 43.6 Å². The third-order valence-electron chi connectivity index (χ3n) is 9.41. The summed E-state index contributed by atoms with van der Waals surface area (Å²) in [5.74, 6) is -1.57. The van der Waals surface area contributed by atoms with Gasteiger partial charge in [-0.25, -0.2) is 14.2 Å². The molecule has 3 aliphatic rings. The summed E-state index contributed by atoms with van der Waals surface area (Å²) in [4.78, 5) is 74.1. The van der Waals surface area contributed by atoms with Crippen molar-refractivity contribution in [2.24, 2.45) is 0 Å². The number of methoxy groups -OCH3 is 1. The first kappa shape index (κ1) is 40.2. The Morgan fingerprint density at radius 3 is 2.55 bits per heavy atom. The van der Waals surface area contributed by atoms with Crippen LogP contribution in [0.25, 0.3) is 33.4 Å². The number of fused-ring (bicyclic) bond motifs is 2. The minimum atomic E-state index is -4.45. The molecule has 3 heterocycles. The summed E-state index contributed by atoms with van der Waals surface area (Å²) in [6, 6.07) is 12.7. The zero-order chi connectivity index (χ0) is 40.1. The van der Waals surface area contributed by atoms with Gasteiger partial charge >= 0.3 is 19.5 Å². The lowest BCUT2D eigenvalue weighted by Gasteiger charge is -2.19. The number of amides is 1. The first-order valence-corrected chi connectivity index (χ1v) is 19.2. The number of hydrogen-bond acceptors (Lipinski definition) is 12. The van der Waals surface area contributed by atoms with Crippen LogP contribution < -0.4 is 22.0 Å². The van der Waals surface area contributed by atoms with Gasteiger partial charge in [-0.3, -0.25) is 33.0 Å². The molecule has 17 nitrogen and oxygen atoms in total. The number of carboxylic acid groups (broad SMARTS) is 1. The Morgan fingerprint density at radius 1 is 1.00 bits per heavy atom. The molecular formula is C38H40N3O14P. The van der Waals surface area contributed by atoms with Crippen molar-refractivity contribution in [3.8, 4) is 28.2 Å². The molecule has 1 aromatic heterocycles. The summed E-state index contributed by atoms with van der Waals surface area (Å²) >= 11 is 0. The van der Waals surface area contributed by atoms with Crippen molar-refractivity contribution in [1.29, 1.82) is 0 Å². The van der Waals surface area contributed by atoms with Crippen LogP contribution in [-0.4, -0.2) is 75.6 Å². The highest BCUT2D eigenvalue weighted by atomic mass is 31.2. The number of aromatic amines is 1. The van der Waals surface area contributed by atoms with E-state index in [0.29, 0.717) is 54.3 Å². The summed E-state index contributed by atoms with van der Waals surface area (Å²) < 4.78 is 41.2. The first-order valence-electron chi connectivity index (χ1n) is 17.7. The van der Waals surface area contributed by atoms with Gasteiger partial charge in [0, 0.05) is 66.0 Å². The Labute approximate surface area is 318 Å². The van der Waals surface area contributed by atoms with E-state index in [1.165, 1.54) is 66.4 Å². The van der Waals surface area contributed by atoms with Crippen LogP contribution in [0.15, 0.2) is 79.6 Å². The number of phosphoric acid groups is 1. The van der Waals surface area contributed by atoms with Gasteiger partial charge in [0.2, 0.25) is 0 Å². The van der Waals surface area contributed by atoms with Crippen molar-refractivity contribution in [3.05, 3.63) is 109 Å². The van der Waals surface area contributed by atoms with E-state index >= 15 is 0 Å². The molecule has 2 aromatic carbocycles. The number of carbonyl (C=O) groups is 2. The van der Waals surface area contributed by atoms with Gasteiger partial charge < -0.3 is 34.3 Å². The molecular weight excluding hydrogens is 753 g/mol. The third-order valence-corrected chi connectivity index (χ3v) is 10.4. The maximum atomic E-state index is 13.2. The van der Waals surface area contributed by atoms with E-state index in [4.69, 9.17) is 22.9 Å². The number of nitrogens with zero attached hydrogens (tertiary/aromatic N) is 1. The lowest BCUT2D eigenvalue weighted by atomic mass is 9.89. The van der Waals surface area contributed by atoms with Gasteiger partial charge in [0.05, 0.1) is 24.9 Å². The molecule has 2 unspecified atom stereocenters. The van der Waals surface area contributed by atoms with Crippen molar-refractivity contribution in [3.63, 3.8) is 0 Å². The van der Waals surface area contributed by atoms with Crippen LogP contribution in [0.4, 0.5) is 0 Å². The lowest BCUT2D eigenvalue weighted by molar-refractivity contribution is -0.0539. The van der Waals surface area contributed by atoms with E-state index in [2.05, 4.69) is 10.3 Å². The minimum Gasteiger partial charge on any atom is -0.508 e. The molecule has 5 N–H and O–H groups in total. The fourth-order valence-corrected chi connectivity index (χ4v) is 7.34. The summed E-state index contributed by atoms with van der Waals surface area (Å²) in [6.07, 6.45) is 1.75. The van der Waals surface area contributed by atoms with Crippen LogP contribution in [0.2, 0.25) is 0 Å². The van der Waals surface area contributed by atoms with Crippen molar-refractivity contribution in [1.82, 2.24) is 14.9 Å². The van der Waals surface area contributed by atoms with Crippen LogP contribution in [0.3, 0.4) is 0 Å². The molecule has 1 aliphatic carbocycles. The minimum absolute atomic E-state index is 0.0708. The topological polar surface area (TPSA) is 246 Å². The number of benzene rings is 3. The molecule has 3 aromatic rings. The number of aromatic nitrogens is 2. The number of carboxylic acids is 1. The van der Waals surface area contributed by atoms with E-state index < -0.39 is 49.4 Å². The molecule has 1 amide bonds. The molecule has 2 aliphatic heterocycles. The number of aromatic carboxylic acids is 1. The van der Waals surface area contributed by atoms with Crippen LogP contribution in [0.1, 0.15) is 64.6 Å². The predicted molar refractivity (Wildman–Crippen MR) is 201 cm³/mol. The Kier molecular flexibility index (Phi) is 12.3. The number of phosphoric ester groups is 1. The molecule has 4 atom stereocenters. The van der Waals surface area contributed by atoms with E-state index in [0.717, 1.165) is 0 Å². The number of H-pyrrole nitrogens is 1. The standard InChI is InChI=1S/C38H40N3O14P/c1-21-19-41(38(48)40-35(21)44)33-18-31(51-2)32(55-33)20-53-56(49,50)52-14-6-4-3-5-13-39-36(45)22-7-10-25(37(46)47)28(15-22)34-26-11-8-23(42)16-29(26)54-30-17-24(43)9-12-27(30)34/h7-12,15-17,19,31-33,42H,3-6,13-14,18,20H2,1-2H3,(H,39,45)(H,46,47)(H,49,50)(H,40,44,48)/t31?,32-,33-/m1/s1. The van der Waals surface area contributed by atoms with Crippen molar-refractivity contribution in [2.75, 3.05) is 26.9 Å². The molecule has 1 fully saturated rings. The quantitative estimate of drug-likeness (QED) is 0.0523. The second-order valence-corrected chi connectivity index (χ2v) is 14.7. The Balaban J connectivity index is 0.985. The molecule has 56 heavy (non-hydrogen) atoms. The van der Waals surface area contributed by atoms with Gasteiger partial charge in [-0.15, -0.1) is 0 Å². The normalized spacial score (nSPS) is 17.9. The first-order chi connectivity index (χ1) is 26.7. The van der Waals surface area contributed by atoms with E-state index in [1.807, 2.05) is 0 Å². The Bertz CT molecular complexity index is 2460. The number of rotatable bonds is 16. The zero-order valence-corrected chi connectivity index (χ0v) is 31.3. The Morgan fingerprint density at radius 2 is 1.79 bits per heavy atom. The smallest absolute Gasteiger partial charge is 0.472 e. The zero-order valence-electron chi connectivity index (χ0n) is 30.4. The monoisotopic (exact) mass is 793 g/mol. The molecule has 0 bridgehead atoms. The molecule has 296 valence electrons. The van der Waals surface area contributed by atoms with Crippen LogP contribution >= 0.6 is 7.82 Å². The maximum Gasteiger partial charge on any atom is 0.472 e. The van der Waals surface area contributed by atoms with Gasteiger partial charge in [0.1, 0.15) is 29.4 Å². The third kappa shape index (κ3) is 9.16. The highest BCUT2D eigenvalue weighted by molar-refractivity contribution is 7.47.